The molecular formula is C14H27N2+. The average molecular weight is 223 g/mol. The molecule has 1 heterocycles. The van der Waals surface area contributed by atoms with Gasteiger partial charge in [0, 0.05) is 6.42 Å². The number of rotatable bonds is 8. The summed E-state index contributed by atoms with van der Waals surface area (Å²) in [5.41, 5.74) is 0. The summed E-state index contributed by atoms with van der Waals surface area (Å²) in [6, 6.07) is 0. The first-order valence-corrected chi connectivity index (χ1v) is 6.90. The molecule has 0 unspecified atom stereocenters. The van der Waals surface area contributed by atoms with Crippen LogP contribution in [0.15, 0.2) is 12.4 Å². The van der Waals surface area contributed by atoms with Gasteiger partial charge in [0.1, 0.15) is 12.4 Å². The maximum Gasteiger partial charge on any atom is 0.256 e. The average Bonchev–Trinajstić information content (AvgIpc) is 2.67. The van der Waals surface area contributed by atoms with Gasteiger partial charge in [-0.2, -0.15) is 0 Å². The summed E-state index contributed by atoms with van der Waals surface area (Å²) in [6.07, 6.45) is 12.2. The molecule has 0 bridgehead atoms. The van der Waals surface area contributed by atoms with Gasteiger partial charge in [-0.25, -0.2) is 9.13 Å². The predicted molar refractivity (Wildman–Crippen MR) is 68.4 cm³/mol. The minimum Gasteiger partial charge on any atom is -0.234 e. The SMILES string of the molecule is CCCCCCn1cc[n+](CCC)c1CC. The highest BCUT2D eigenvalue weighted by molar-refractivity contribution is 4.82. The number of aromatic nitrogens is 2. The van der Waals surface area contributed by atoms with Crippen molar-refractivity contribution in [3.05, 3.63) is 18.2 Å². The Morgan fingerprint density at radius 1 is 1.06 bits per heavy atom. The Morgan fingerprint density at radius 3 is 2.50 bits per heavy atom. The Morgan fingerprint density at radius 2 is 1.88 bits per heavy atom. The van der Waals surface area contributed by atoms with Crippen molar-refractivity contribution in [1.29, 1.82) is 0 Å². The van der Waals surface area contributed by atoms with Gasteiger partial charge >= 0.3 is 0 Å². The molecule has 2 heteroatoms. The molecule has 0 aliphatic carbocycles. The van der Waals surface area contributed by atoms with Crippen LogP contribution in [-0.2, 0) is 19.5 Å². The minimum atomic E-state index is 1.14. The topological polar surface area (TPSA) is 8.81 Å². The number of nitrogens with zero attached hydrogens (tertiary/aromatic N) is 2. The lowest BCUT2D eigenvalue weighted by atomic mass is 10.2. The van der Waals surface area contributed by atoms with Gasteiger partial charge in [0.2, 0.25) is 0 Å². The van der Waals surface area contributed by atoms with Gasteiger partial charge < -0.3 is 0 Å². The molecule has 0 radical (unpaired) electrons. The smallest absolute Gasteiger partial charge is 0.234 e. The first-order valence-electron chi connectivity index (χ1n) is 6.90. The van der Waals surface area contributed by atoms with E-state index in [2.05, 4.69) is 42.3 Å². The monoisotopic (exact) mass is 223 g/mol. The second-order valence-electron chi connectivity index (χ2n) is 4.52. The van der Waals surface area contributed by atoms with E-state index in [9.17, 15) is 0 Å². The van der Waals surface area contributed by atoms with Gasteiger partial charge in [0.05, 0.1) is 13.1 Å². The summed E-state index contributed by atoms with van der Waals surface area (Å²) in [7, 11) is 0. The molecule has 16 heavy (non-hydrogen) atoms. The van der Waals surface area contributed by atoms with Crippen molar-refractivity contribution in [2.75, 3.05) is 0 Å². The van der Waals surface area contributed by atoms with Crippen LogP contribution in [0, 0.1) is 0 Å². The standard InChI is InChI=1S/C14H27N2/c1-4-7-8-9-11-16-13-12-15(10-5-2)14(16)6-3/h12-13H,4-11H2,1-3H3/q+1. The summed E-state index contributed by atoms with van der Waals surface area (Å²) in [5, 5.41) is 0. The minimum absolute atomic E-state index is 1.14. The van der Waals surface area contributed by atoms with Crippen molar-refractivity contribution in [1.82, 2.24) is 4.57 Å². The summed E-state index contributed by atoms with van der Waals surface area (Å²) in [5.74, 6) is 1.48. The second kappa shape index (κ2) is 7.48. The van der Waals surface area contributed by atoms with Crippen LogP contribution in [0.25, 0.3) is 0 Å². The molecule has 0 saturated carbocycles. The molecule has 0 atom stereocenters. The van der Waals surface area contributed by atoms with Crippen LogP contribution in [0.4, 0.5) is 0 Å². The molecule has 0 N–H and O–H groups in total. The normalized spacial score (nSPS) is 10.9. The lowest BCUT2D eigenvalue weighted by Crippen LogP contribution is -2.36. The molecule has 92 valence electrons. The van der Waals surface area contributed by atoms with Gasteiger partial charge in [-0.15, -0.1) is 0 Å². The lowest BCUT2D eigenvalue weighted by molar-refractivity contribution is -0.703. The van der Waals surface area contributed by atoms with E-state index < -0.39 is 0 Å². The highest BCUT2D eigenvalue weighted by Crippen LogP contribution is 2.04. The molecule has 2 nitrogen and oxygen atoms in total. The van der Waals surface area contributed by atoms with E-state index in [4.69, 9.17) is 0 Å². The molecule has 0 spiro atoms. The number of imidazole rings is 1. The Bertz CT molecular complexity index is 289. The third-order valence-corrected chi connectivity index (χ3v) is 3.12. The van der Waals surface area contributed by atoms with Crippen LogP contribution >= 0.6 is 0 Å². The summed E-state index contributed by atoms with van der Waals surface area (Å²) in [6.45, 7) is 9.11. The van der Waals surface area contributed by atoms with Gasteiger partial charge in [-0.05, 0) is 19.3 Å². The number of hydrogen-bond donors (Lipinski definition) is 0. The van der Waals surface area contributed by atoms with Crippen LogP contribution in [0.1, 0.15) is 58.7 Å². The van der Waals surface area contributed by atoms with Gasteiger partial charge in [0.25, 0.3) is 5.82 Å². The first kappa shape index (κ1) is 13.3. The van der Waals surface area contributed by atoms with E-state index in [1.807, 2.05) is 0 Å². The fourth-order valence-electron chi connectivity index (χ4n) is 2.26. The van der Waals surface area contributed by atoms with Crippen molar-refractivity contribution in [3.8, 4) is 0 Å². The van der Waals surface area contributed by atoms with E-state index >= 15 is 0 Å². The van der Waals surface area contributed by atoms with Gasteiger partial charge in [-0.3, -0.25) is 0 Å². The molecule has 1 aromatic rings. The fraction of sp³-hybridized carbons (Fsp3) is 0.786. The van der Waals surface area contributed by atoms with Crippen LogP contribution in [0.5, 0.6) is 0 Å². The zero-order chi connectivity index (χ0) is 11.8. The molecule has 0 aliphatic heterocycles. The van der Waals surface area contributed by atoms with Gasteiger partial charge in [0.15, 0.2) is 0 Å². The fourth-order valence-corrected chi connectivity index (χ4v) is 2.26. The highest BCUT2D eigenvalue weighted by atomic mass is 15.1. The van der Waals surface area contributed by atoms with Crippen molar-refractivity contribution < 1.29 is 4.57 Å². The quantitative estimate of drug-likeness (QED) is 0.472. The maximum atomic E-state index is 2.44. The van der Waals surface area contributed by atoms with Crippen molar-refractivity contribution >= 4 is 0 Å². The Balaban J connectivity index is 2.51. The summed E-state index contributed by atoms with van der Waals surface area (Å²) >= 11 is 0. The number of hydrogen-bond acceptors (Lipinski definition) is 0. The summed E-state index contributed by atoms with van der Waals surface area (Å²) < 4.78 is 4.84. The van der Waals surface area contributed by atoms with Crippen LogP contribution in [-0.4, -0.2) is 4.57 Å². The maximum absolute atomic E-state index is 2.44. The van der Waals surface area contributed by atoms with Crippen LogP contribution < -0.4 is 4.57 Å². The zero-order valence-corrected chi connectivity index (χ0v) is 11.2. The van der Waals surface area contributed by atoms with Crippen molar-refractivity contribution in [3.63, 3.8) is 0 Å². The number of aryl methyl sites for hydroxylation is 2. The molecule has 1 rings (SSSR count). The largest absolute Gasteiger partial charge is 0.256 e. The van der Waals surface area contributed by atoms with Crippen molar-refractivity contribution in [2.45, 2.75) is 72.4 Å². The van der Waals surface area contributed by atoms with Crippen LogP contribution in [0.2, 0.25) is 0 Å². The Kier molecular flexibility index (Phi) is 6.20. The van der Waals surface area contributed by atoms with E-state index in [1.165, 1.54) is 44.5 Å². The highest BCUT2D eigenvalue weighted by Gasteiger charge is 2.13. The first-order chi connectivity index (χ1) is 7.83. The molecule has 0 amide bonds. The van der Waals surface area contributed by atoms with Crippen molar-refractivity contribution in [2.24, 2.45) is 0 Å². The van der Waals surface area contributed by atoms with E-state index in [1.54, 1.807) is 0 Å². The van der Waals surface area contributed by atoms with E-state index in [0.717, 1.165) is 13.0 Å². The lowest BCUT2D eigenvalue weighted by Gasteiger charge is -2.02. The zero-order valence-electron chi connectivity index (χ0n) is 11.2. The molecular weight excluding hydrogens is 196 g/mol. The van der Waals surface area contributed by atoms with E-state index in [0.29, 0.717) is 0 Å². The summed E-state index contributed by atoms with van der Waals surface area (Å²) in [4.78, 5) is 0. The molecule has 0 aromatic carbocycles. The van der Waals surface area contributed by atoms with Gasteiger partial charge in [-0.1, -0.05) is 33.6 Å². The Labute approximate surface area is 100 Å². The predicted octanol–water partition coefficient (Wildman–Crippen LogP) is 3.33. The third kappa shape index (κ3) is 3.66. The molecule has 0 saturated heterocycles. The third-order valence-electron chi connectivity index (χ3n) is 3.12. The molecule has 1 aromatic heterocycles. The Hall–Kier alpha value is -0.790. The van der Waals surface area contributed by atoms with E-state index in [-0.39, 0.29) is 0 Å². The molecule has 0 aliphatic rings. The molecule has 0 fully saturated rings. The second-order valence-corrected chi connectivity index (χ2v) is 4.52. The number of unbranched alkanes of at least 4 members (excludes halogenated alkanes) is 3. The van der Waals surface area contributed by atoms with Crippen LogP contribution in [0.3, 0.4) is 0 Å².